The molecule has 2 heterocycles. The number of hydrogen-bond acceptors (Lipinski definition) is 4. The molecule has 1 aromatic rings. The van der Waals surface area contributed by atoms with E-state index in [0.29, 0.717) is 24.6 Å². The summed E-state index contributed by atoms with van der Waals surface area (Å²) in [5.41, 5.74) is 0.837. The zero-order valence-electron chi connectivity index (χ0n) is 18.7. The van der Waals surface area contributed by atoms with Gasteiger partial charge >= 0.3 is 6.18 Å². The van der Waals surface area contributed by atoms with Crippen molar-refractivity contribution < 1.29 is 17.9 Å². The Labute approximate surface area is 183 Å². The van der Waals surface area contributed by atoms with E-state index >= 15 is 0 Å². The molecule has 1 N–H and O–H groups in total. The summed E-state index contributed by atoms with van der Waals surface area (Å²) >= 11 is 0. The Morgan fingerprint density at radius 3 is 2.58 bits per heavy atom. The van der Waals surface area contributed by atoms with Gasteiger partial charge in [-0.05, 0) is 44.2 Å². The second kappa shape index (κ2) is 10.5. The lowest BCUT2D eigenvalue weighted by Crippen LogP contribution is -2.44. The van der Waals surface area contributed by atoms with Crippen molar-refractivity contribution in [2.75, 3.05) is 71.5 Å². The summed E-state index contributed by atoms with van der Waals surface area (Å²) in [6.07, 6.45) is -3.35. The summed E-state index contributed by atoms with van der Waals surface area (Å²) < 4.78 is 45.4. The van der Waals surface area contributed by atoms with Crippen LogP contribution in [0.3, 0.4) is 0 Å². The summed E-state index contributed by atoms with van der Waals surface area (Å²) in [6, 6.07) is 4.05. The zero-order chi connectivity index (χ0) is 22.4. The van der Waals surface area contributed by atoms with Gasteiger partial charge in [0.25, 0.3) is 0 Å². The molecule has 31 heavy (non-hydrogen) atoms. The maximum Gasteiger partial charge on any atom is 0.416 e. The van der Waals surface area contributed by atoms with E-state index in [1.165, 1.54) is 12.1 Å². The normalized spacial score (nSPS) is 21.1. The Hall–Kier alpha value is -2.00. The molecule has 1 aromatic carbocycles. The first-order chi connectivity index (χ1) is 14.8. The molecule has 0 aliphatic carbocycles. The molecular weight excluding hydrogens is 407 g/mol. The van der Waals surface area contributed by atoms with Crippen LogP contribution in [0.5, 0.6) is 0 Å². The molecular formula is C22H34F3N5O. The van der Waals surface area contributed by atoms with E-state index in [1.54, 1.807) is 13.2 Å². The first-order valence-corrected chi connectivity index (χ1v) is 11.0. The van der Waals surface area contributed by atoms with E-state index in [-0.39, 0.29) is 6.54 Å². The van der Waals surface area contributed by atoms with Crippen LogP contribution < -0.4 is 10.2 Å². The fourth-order valence-corrected chi connectivity index (χ4v) is 4.23. The molecule has 0 amide bonds. The van der Waals surface area contributed by atoms with Crippen LogP contribution in [0.15, 0.2) is 23.2 Å². The molecule has 0 saturated carbocycles. The molecule has 2 aliphatic heterocycles. The van der Waals surface area contributed by atoms with Gasteiger partial charge in [0.15, 0.2) is 5.96 Å². The molecule has 0 aromatic heterocycles. The van der Waals surface area contributed by atoms with E-state index in [1.807, 2.05) is 6.92 Å². The number of aliphatic imine (C=N–C) groups is 1. The van der Waals surface area contributed by atoms with Crippen LogP contribution in [-0.4, -0.2) is 82.3 Å². The highest BCUT2D eigenvalue weighted by Gasteiger charge is 2.32. The van der Waals surface area contributed by atoms with Gasteiger partial charge in [0, 0.05) is 64.5 Å². The van der Waals surface area contributed by atoms with Crippen LogP contribution in [-0.2, 0) is 17.5 Å². The number of anilines is 1. The molecule has 2 saturated heterocycles. The number of piperazine rings is 1. The summed E-state index contributed by atoms with van der Waals surface area (Å²) in [5.74, 6) is 1.20. The number of likely N-dealkylation sites (tertiary alicyclic amines) is 1. The van der Waals surface area contributed by atoms with Crippen LogP contribution in [0.25, 0.3) is 0 Å². The fourth-order valence-electron chi connectivity index (χ4n) is 4.23. The third kappa shape index (κ3) is 6.26. The Balaban J connectivity index is 1.84. The lowest BCUT2D eigenvalue weighted by molar-refractivity contribution is -0.137. The van der Waals surface area contributed by atoms with Crippen molar-refractivity contribution in [2.24, 2.45) is 10.9 Å². The molecule has 1 atom stereocenters. The standard InChI is InChI=1S/C22H34F3N5O/c1-4-26-21(30-8-7-17(15-30)16-31-3)27-14-18-13-19(22(23,24)25)5-6-20(18)29-11-9-28(2)10-12-29/h5-6,13,17H,4,7-12,14-16H2,1-3H3,(H,26,27). The number of benzene rings is 1. The molecule has 9 heteroatoms. The van der Waals surface area contributed by atoms with Gasteiger partial charge in [-0.15, -0.1) is 0 Å². The molecule has 174 valence electrons. The molecule has 0 bridgehead atoms. The Bertz CT molecular complexity index is 747. The van der Waals surface area contributed by atoms with Gasteiger partial charge in [-0.1, -0.05) is 0 Å². The van der Waals surface area contributed by atoms with E-state index in [0.717, 1.165) is 57.3 Å². The molecule has 6 nitrogen and oxygen atoms in total. The minimum atomic E-state index is -4.37. The van der Waals surface area contributed by atoms with Gasteiger partial charge in [-0.3, -0.25) is 0 Å². The summed E-state index contributed by atoms with van der Waals surface area (Å²) in [7, 11) is 3.76. The third-order valence-electron chi connectivity index (χ3n) is 5.97. The number of halogens is 3. The largest absolute Gasteiger partial charge is 0.416 e. The molecule has 0 radical (unpaired) electrons. The Morgan fingerprint density at radius 1 is 1.19 bits per heavy atom. The van der Waals surface area contributed by atoms with E-state index in [4.69, 9.17) is 9.73 Å². The number of alkyl halides is 3. The number of nitrogens with one attached hydrogen (secondary N) is 1. The quantitative estimate of drug-likeness (QED) is 0.543. The monoisotopic (exact) mass is 441 g/mol. The molecule has 3 rings (SSSR count). The predicted octanol–water partition coefficient (Wildman–Crippen LogP) is 2.89. The highest BCUT2D eigenvalue weighted by Crippen LogP contribution is 2.33. The van der Waals surface area contributed by atoms with Crippen LogP contribution in [0, 0.1) is 5.92 Å². The van der Waals surface area contributed by atoms with E-state index in [2.05, 4.69) is 27.1 Å². The number of hydrogen-bond donors (Lipinski definition) is 1. The van der Waals surface area contributed by atoms with Crippen molar-refractivity contribution >= 4 is 11.6 Å². The summed E-state index contributed by atoms with van der Waals surface area (Å²) in [5, 5.41) is 3.30. The lowest BCUT2D eigenvalue weighted by Gasteiger charge is -2.35. The topological polar surface area (TPSA) is 43.3 Å². The minimum absolute atomic E-state index is 0.208. The van der Waals surface area contributed by atoms with Crippen molar-refractivity contribution in [3.8, 4) is 0 Å². The van der Waals surface area contributed by atoms with Gasteiger partial charge in [-0.25, -0.2) is 4.99 Å². The van der Waals surface area contributed by atoms with Gasteiger partial charge in [0.1, 0.15) is 0 Å². The SMILES string of the molecule is CCNC(=NCc1cc(C(F)(F)F)ccc1N1CCN(C)CC1)N1CCC(COC)C1. The molecule has 0 spiro atoms. The predicted molar refractivity (Wildman–Crippen MR) is 118 cm³/mol. The fraction of sp³-hybridized carbons (Fsp3) is 0.682. The smallest absolute Gasteiger partial charge is 0.384 e. The van der Waals surface area contributed by atoms with Crippen LogP contribution >= 0.6 is 0 Å². The maximum absolute atomic E-state index is 13.4. The van der Waals surface area contributed by atoms with Gasteiger partial charge in [0.2, 0.25) is 0 Å². The number of ether oxygens (including phenoxy) is 1. The van der Waals surface area contributed by atoms with E-state index < -0.39 is 11.7 Å². The highest BCUT2D eigenvalue weighted by molar-refractivity contribution is 5.80. The molecule has 2 aliphatic rings. The third-order valence-corrected chi connectivity index (χ3v) is 5.97. The number of guanidine groups is 1. The van der Waals surface area contributed by atoms with Gasteiger partial charge in [-0.2, -0.15) is 13.2 Å². The average Bonchev–Trinajstić information content (AvgIpc) is 3.20. The van der Waals surface area contributed by atoms with Crippen molar-refractivity contribution in [2.45, 2.75) is 26.1 Å². The first kappa shape index (κ1) is 23.7. The van der Waals surface area contributed by atoms with Crippen LogP contribution in [0.1, 0.15) is 24.5 Å². The lowest BCUT2D eigenvalue weighted by atomic mass is 10.1. The molecule has 1 unspecified atom stereocenters. The molecule has 2 fully saturated rings. The van der Waals surface area contributed by atoms with Crippen LogP contribution in [0.2, 0.25) is 0 Å². The summed E-state index contributed by atoms with van der Waals surface area (Å²) in [6.45, 7) is 8.70. The number of rotatable bonds is 6. The van der Waals surface area contributed by atoms with Crippen molar-refractivity contribution in [1.82, 2.24) is 15.1 Å². The number of nitrogens with zero attached hydrogens (tertiary/aromatic N) is 4. The highest BCUT2D eigenvalue weighted by atomic mass is 19.4. The minimum Gasteiger partial charge on any atom is -0.384 e. The second-order valence-electron chi connectivity index (χ2n) is 8.36. The van der Waals surface area contributed by atoms with Crippen molar-refractivity contribution in [1.29, 1.82) is 0 Å². The number of methoxy groups -OCH3 is 1. The Kier molecular flexibility index (Phi) is 8.05. The number of likely N-dealkylation sites (N-methyl/N-ethyl adjacent to an activating group) is 1. The van der Waals surface area contributed by atoms with Crippen LogP contribution in [0.4, 0.5) is 18.9 Å². The van der Waals surface area contributed by atoms with E-state index in [9.17, 15) is 13.2 Å². The zero-order valence-corrected chi connectivity index (χ0v) is 18.7. The Morgan fingerprint density at radius 2 is 1.94 bits per heavy atom. The van der Waals surface area contributed by atoms with Gasteiger partial charge in [0.05, 0.1) is 18.7 Å². The maximum atomic E-state index is 13.4. The average molecular weight is 442 g/mol. The first-order valence-electron chi connectivity index (χ1n) is 11.0. The van der Waals surface area contributed by atoms with Crippen molar-refractivity contribution in [3.05, 3.63) is 29.3 Å². The van der Waals surface area contributed by atoms with Gasteiger partial charge < -0.3 is 24.8 Å². The second-order valence-corrected chi connectivity index (χ2v) is 8.36. The summed E-state index contributed by atoms with van der Waals surface area (Å²) in [4.78, 5) is 11.3. The van der Waals surface area contributed by atoms with Crippen molar-refractivity contribution in [3.63, 3.8) is 0 Å².